The van der Waals surface area contributed by atoms with Crippen LogP contribution in [0.3, 0.4) is 0 Å². The molecule has 34 nitrogen and oxygen atoms in total. The van der Waals surface area contributed by atoms with Gasteiger partial charge in [0.15, 0.2) is 12.0 Å². The van der Waals surface area contributed by atoms with Gasteiger partial charge in [-0.1, -0.05) is 34.2 Å². The van der Waals surface area contributed by atoms with E-state index in [-0.39, 0.29) is 86.3 Å². The molecule has 6 aromatic rings. The van der Waals surface area contributed by atoms with E-state index in [1.54, 1.807) is 30.3 Å². The largest absolute Gasteiger partial charge is 0.491 e. The van der Waals surface area contributed by atoms with Gasteiger partial charge in [-0.25, -0.2) is 32.8 Å². The molecule has 102 heavy (non-hydrogen) atoms. The lowest BCUT2D eigenvalue weighted by atomic mass is 9.81. The SMILES string of the molecule is CP(=O)(O)OP(=O)(O)OP(=O)(O)OC[C@H]1O[C@@H](n2cc(C#CCNC(=O)COCCOC(COc3cccc(C(=O)NCCCC(=O)c4ccc(C(=O)O)c(C5=c6cc7c8c(c6Oc6c5cc5c9c6CCCN9CCC5)CCC[N+]=8CCC7)c4)c3)N=[N+]=[N-])c3c(N)ncnc32)CC1OCN=[N+]=[N-]. The minimum absolute atomic E-state index is 0.0225. The van der Waals surface area contributed by atoms with Crippen LogP contribution >= 0.6 is 23.2 Å². The lowest BCUT2D eigenvalue weighted by Gasteiger charge is -2.39. The highest BCUT2D eigenvalue weighted by Gasteiger charge is 2.44. The summed E-state index contributed by atoms with van der Waals surface area (Å²) in [5.41, 5.74) is 33.7. The van der Waals surface area contributed by atoms with Crippen LogP contribution in [0.1, 0.15) is 121 Å². The van der Waals surface area contributed by atoms with Gasteiger partial charge in [-0.15, -0.1) is 0 Å². The molecule has 2 amide bonds. The Labute approximate surface area is 581 Å². The third-order valence-electron chi connectivity index (χ3n) is 17.8. The number of hydrogen-bond acceptors (Lipinski definition) is 22. The monoisotopic (exact) mass is 1460 g/mol. The molecule has 37 heteroatoms. The lowest BCUT2D eigenvalue weighted by Crippen LogP contribution is -2.45. The summed E-state index contributed by atoms with van der Waals surface area (Å²) >= 11 is 0. The van der Waals surface area contributed by atoms with Gasteiger partial charge in [-0.2, -0.15) is 4.31 Å². The Hall–Kier alpha value is -9.08. The molecule has 0 radical (unpaired) electrons. The van der Waals surface area contributed by atoms with Crippen molar-refractivity contribution in [2.75, 3.05) is 96.3 Å². The standard InChI is InChI=1S/C65H71N14O20P3/c1-100(85,86)98-102(89,90)99-101(87,88)95-33-52-51(94-37-73-75-67)31-55(96-52)79-32-42(56-62(66)71-36-72-63(56)79)10-3-19-69-53(81)34-91-25-26-92-54(74-76-68)35-93-43-13-2-9-41(27-43)64(82)70-20-4-16-50(80)38-17-18-44(65(83)84)47(28-38)57-48-29-39-11-5-21-77-23-7-14-45(58(39)77)60(48)97-61-46-15-8-24-78-22-6-12-40(59(46)78)30-49(57)61/h2,9,13,17-18,27-30,32,36,51-52,54-55H,4-8,11-12,14-16,19-26,31,33-35,37H2,1H3,(H7-,66,69,70,71,72,81,82,83,84,85,86,87,88,89,90)/p+1/t51?,52-,54?,55-/m1/s1. The zero-order valence-electron chi connectivity index (χ0n) is 55.1. The molecule has 1 saturated heterocycles. The number of fused-ring (bicyclic) bond motifs is 5. The number of rotatable bonds is 30. The van der Waals surface area contributed by atoms with Crippen LogP contribution in [0.5, 0.6) is 17.2 Å². The van der Waals surface area contributed by atoms with Crippen molar-refractivity contribution in [2.24, 2.45) is 10.2 Å². The third kappa shape index (κ3) is 16.8. The third-order valence-corrected chi connectivity index (χ3v) is 22.0. The molecule has 0 spiro atoms. The lowest BCUT2D eigenvalue weighted by molar-refractivity contribution is -0.126. The summed E-state index contributed by atoms with van der Waals surface area (Å²) in [4.78, 5) is 99.1. The number of phosphoric ester groups is 1. The first-order valence-corrected chi connectivity index (χ1v) is 37.8. The molecular weight excluding hydrogens is 1390 g/mol. The number of carboxylic acid groups (broad SMARTS) is 1. The van der Waals surface area contributed by atoms with Gasteiger partial charge < -0.3 is 74.0 Å². The smallest absolute Gasteiger partial charge is 0.488 e. The Kier molecular flexibility index (Phi) is 22.6. The van der Waals surface area contributed by atoms with Gasteiger partial charge in [-0.05, 0) is 110 Å². The van der Waals surface area contributed by atoms with Gasteiger partial charge >= 0.3 is 29.2 Å². The van der Waals surface area contributed by atoms with Gasteiger partial charge in [0, 0.05) is 112 Å². The average Bonchev–Trinajstić information content (AvgIpc) is 1.34. The Bertz CT molecular complexity index is 4790. The van der Waals surface area contributed by atoms with Crippen molar-refractivity contribution in [1.82, 2.24) is 29.7 Å². The topological polar surface area (TPSA) is 468 Å². The van der Waals surface area contributed by atoms with Crippen molar-refractivity contribution in [2.45, 2.75) is 95.3 Å². The molecular formula is C65H72N14O20P3+. The second-order valence-electron chi connectivity index (χ2n) is 24.7. The number of ether oxygens (including phenoxy) is 6. The molecule has 7 atom stereocenters. The van der Waals surface area contributed by atoms with Gasteiger partial charge in [0.2, 0.25) is 11.3 Å². The van der Waals surface area contributed by atoms with Crippen LogP contribution in [0.2, 0.25) is 0 Å². The Balaban J connectivity index is 0.611. The number of aryl methyl sites for hydroxylation is 2. The van der Waals surface area contributed by atoms with E-state index < -0.39 is 85.6 Å². The Morgan fingerprint density at radius 1 is 0.892 bits per heavy atom. The number of amides is 2. The normalized spacial score (nSPS) is 19.1. The number of aromatic carboxylic acids is 1. The average molecular weight is 1460 g/mol. The van der Waals surface area contributed by atoms with Crippen LogP contribution in [0.15, 0.2) is 77.3 Å². The number of benzene rings is 4. The fourth-order valence-electron chi connectivity index (χ4n) is 13.7. The molecule has 6 aliphatic rings. The number of nitrogen functional groups attached to an aromatic ring is 1. The number of phosphoric acid groups is 2. The van der Waals surface area contributed by atoms with E-state index in [2.05, 4.69) is 82.7 Å². The maximum atomic E-state index is 14.2. The summed E-state index contributed by atoms with van der Waals surface area (Å²) < 4.78 is 88.9. The van der Waals surface area contributed by atoms with E-state index in [0.717, 1.165) is 117 Å². The predicted octanol–water partition coefficient (Wildman–Crippen LogP) is 6.76. The summed E-state index contributed by atoms with van der Waals surface area (Å²) in [6.07, 6.45) is 6.13. The minimum atomic E-state index is -5.58. The number of anilines is 2. The first-order chi connectivity index (χ1) is 49.1. The van der Waals surface area contributed by atoms with Crippen molar-refractivity contribution >= 4 is 74.9 Å². The molecule has 12 rings (SSSR count). The van der Waals surface area contributed by atoms with Crippen LogP contribution in [0, 0.1) is 11.8 Å². The van der Waals surface area contributed by atoms with Gasteiger partial charge in [-0.3, -0.25) is 23.5 Å². The van der Waals surface area contributed by atoms with Crippen LogP contribution in [-0.2, 0) is 76.3 Å². The second kappa shape index (κ2) is 31.7. The van der Waals surface area contributed by atoms with Crippen molar-refractivity contribution in [3.8, 4) is 29.1 Å². The molecule has 536 valence electrons. The first kappa shape index (κ1) is 72.7. The minimum Gasteiger partial charge on any atom is -0.491 e. The van der Waals surface area contributed by atoms with Gasteiger partial charge in [0.05, 0.1) is 54.5 Å². The molecule has 4 aromatic carbocycles. The number of nitrogens with two attached hydrogens (primary N) is 1. The molecule has 8 N–H and O–H groups in total. The fourth-order valence-corrected chi connectivity index (χ4v) is 17.2. The molecule has 5 unspecified atom stereocenters. The summed E-state index contributed by atoms with van der Waals surface area (Å²) in [7, 11) is -15.7. The summed E-state index contributed by atoms with van der Waals surface area (Å²) in [6.45, 7) is 2.21. The number of Topliss-reactive ketones (excluding diaryl/α,β-unsaturated/α-hetero) is 1. The molecule has 2 aromatic heterocycles. The van der Waals surface area contributed by atoms with Crippen molar-refractivity contribution < 1.29 is 94.2 Å². The number of azide groups is 2. The van der Waals surface area contributed by atoms with Crippen LogP contribution < -0.4 is 45.9 Å². The highest BCUT2D eigenvalue weighted by atomic mass is 31.3. The molecule has 0 saturated carbocycles. The Morgan fingerprint density at radius 3 is 2.48 bits per heavy atom. The zero-order valence-corrected chi connectivity index (χ0v) is 57.8. The number of carboxylic acids is 1. The molecule has 8 heterocycles. The maximum absolute atomic E-state index is 14.2. The number of ketones is 1. The molecule has 1 fully saturated rings. The predicted molar refractivity (Wildman–Crippen MR) is 364 cm³/mol. The summed E-state index contributed by atoms with van der Waals surface area (Å²) in [5.74, 6) is 5.27. The van der Waals surface area contributed by atoms with Crippen LogP contribution in [0.4, 0.5) is 11.5 Å². The number of hydrogen-bond donors (Lipinski definition) is 7. The van der Waals surface area contributed by atoms with Gasteiger partial charge in [0.1, 0.15) is 80.4 Å². The highest BCUT2D eigenvalue weighted by molar-refractivity contribution is 7.68. The second-order valence-corrected chi connectivity index (χ2v) is 29.8. The van der Waals surface area contributed by atoms with Crippen LogP contribution in [0.25, 0.3) is 37.5 Å². The molecule has 0 aliphatic carbocycles. The summed E-state index contributed by atoms with van der Waals surface area (Å²) in [6, 6.07) is 15.5. The first-order valence-electron chi connectivity index (χ1n) is 32.8. The van der Waals surface area contributed by atoms with E-state index in [9.17, 15) is 58.2 Å². The number of nitrogens with zero attached hydrogens (tertiary/aromatic N) is 11. The van der Waals surface area contributed by atoms with E-state index in [4.69, 9.17) is 44.2 Å². The molecule has 0 bridgehead atoms. The van der Waals surface area contributed by atoms with E-state index >= 15 is 0 Å². The summed E-state index contributed by atoms with van der Waals surface area (Å²) in [5, 5.41) is 25.7. The van der Waals surface area contributed by atoms with Crippen molar-refractivity contribution in [3.05, 3.63) is 154 Å². The van der Waals surface area contributed by atoms with E-state index in [1.165, 1.54) is 51.4 Å². The quantitative estimate of drug-likeness (QED) is 0.00357. The maximum Gasteiger partial charge on any atom is 0.488 e. The number of nitrogens with one attached hydrogen (secondary N) is 2. The van der Waals surface area contributed by atoms with Crippen molar-refractivity contribution in [3.63, 3.8) is 0 Å². The molecule has 6 aliphatic heterocycles. The van der Waals surface area contributed by atoms with E-state index in [1.807, 2.05) is 0 Å². The zero-order chi connectivity index (χ0) is 71.9. The number of aromatic nitrogens is 3. The fraction of sp³-hybridized carbons (Fsp3) is 0.431. The number of carbonyl (C=O) groups is 4. The Morgan fingerprint density at radius 2 is 1.69 bits per heavy atom. The van der Waals surface area contributed by atoms with Crippen molar-refractivity contribution in [1.29, 1.82) is 0 Å². The highest BCUT2D eigenvalue weighted by Crippen LogP contribution is 2.66. The van der Waals surface area contributed by atoms with Gasteiger partial charge in [0.25, 0.3) is 5.91 Å². The van der Waals surface area contributed by atoms with E-state index in [0.29, 0.717) is 28.7 Å². The van der Waals surface area contributed by atoms with Crippen LogP contribution in [-0.4, -0.2) is 162 Å². The number of carbonyl (C=O) groups excluding carboxylic acids is 3.